The van der Waals surface area contributed by atoms with Crippen molar-refractivity contribution in [3.63, 3.8) is 0 Å². The molecule has 1 saturated heterocycles. The summed E-state index contributed by atoms with van der Waals surface area (Å²) in [6.07, 6.45) is 0.368. The van der Waals surface area contributed by atoms with Crippen LogP contribution in [0.3, 0.4) is 0 Å². The lowest BCUT2D eigenvalue weighted by Gasteiger charge is -2.28. The fourth-order valence-corrected chi connectivity index (χ4v) is 6.14. The van der Waals surface area contributed by atoms with Crippen LogP contribution in [0.25, 0.3) is 22.1 Å². The summed E-state index contributed by atoms with van der Waals surface area (Å²) < 4.78 is 43.8. The number of carbonyl (C=O) groups is 1. The fourth-order valence-electron chi connectivity index (χ4n) is 4.41. The van der Waals surface area contributed by atoms with E-state index in [2.05, 4.69) is 5.16 Å². The third kappa shape index (κ3) is 4.33. The molecule has 1 unspecified atom stereocenters. The number of hydrogen-bond donors (Lipinski definition) is 0. The second-order valence-corrected chi connectivity index (χ2v) is 10.9. The third-order valence-corrected chi connectivity index (χ3v) is 8.07. The largest absolute Gasteiger partial charge is 0.355 e. The van der Waals surface area contributed by atoms with Gasteiger partial charge in [0.15, 0.2) is 21.3 Å². The van der Waals surface area contributed by atoms with Crippen LogP contribution in [0.2, 0.25) is 0 Å². The zero-order chi connectivity index (χ0) is 23.9. The summed E-state index contributed by atoms with van der Waals surface area (Å²) in [7, 11) is -3.22. The van der Waals surface area contributed by atoms with Crippen LogP contribution in [0.5, 0.6) is 0 Å². The van der Waals surface area contributed by atoms with Crippen molar-refractivity contribution < 1.29 is 22.1 Å². The van der Waals surface area contributed by atoms with E-state index in [1.54, 1.807) is 24.0 Å². The predicted octanol–water partition coefficient (Wildman–Crippen LogP) is 4.77. The van der Waals surface area contributed by atoms with Crippen molar-refractivity contribution in [2.75, 3.05) is 11.5 Å². The van der Waals surface area contributed by atoms with Gasteiger partial charge in [-0.1, -0.05) is 59.8 Å². The molecule has 34 heavy (non-hydrogen) atoms. The van der Waals surface area contributed by atoms with Crippen LogP contribution in [-0.4, -0.2) is 41.9 Å². The number of hydrogen-bond acceptors (Lipinski definition) is 5. The Kier molecular flexibility index (Phi) is 5.69. The molecule has 1 aromatic heterocycles. The highest BCUT2D eigenvalue weighted by Gasteiger charge is 2.36. The smallest absolute Gasteiger partial charge is 0.276 e. The molecule has 2 heterocycles. The second kappa shape index (κ2) is 8.68. The van der Waals surface area contributed by atoms with Crippen LogP contribution in [-0.2, 0) is 16.4 Å². The summed E-state index contributed by atoms with van der Waals surface area (Å²) >= 11 is 0. The van der Waals surface area contributed by atoms with Gasteiger partial charge in [-0.25, -0.2) is 12.8 Å². The fraction of sp³-hybridized carbons (Fsp3) is 0.231. The summed E-state index contributed by atoms with van der Waals surface area (Å²) in [5.74, 6) is -0.569. The molecule has 0 aliphatic carbocycles. The first-order valence-electron chi connectivity index (χ1n) is 11.0. The molecule has 1 fully saturated rings. The number of sulfone groups is 1. The molecule has 0 N–H and O–H groups in total. The molecule has 0 saturated carbocycles. The highest BCUT2D eigenvalue weighted by atomic mass is 32.2. The third-order valence-electron chi connectivity index (χ3n) is 6.32. The summed E-state index contributed by atoms with van der Waals surface area (Å²) in [5, 5.41) is 5.98. The summed E-state index contributed by atoms with van der Waals surface area (Å²) in [6.45, 7) is 1.90. The Hall–Kier alpha value is -3.52. The van der Waals surface area contributed by atoms with Gasteiger partial charge in [0, 0.05) is 24.2 Å². The first-order chi connectivity index (χ1) is 16.3. The molecule has 1 aliphatic rings. The van der Waals surface area contributed by atoms with Crippen molar-refractivity contribution in [1.82, 2.24) is 10.1 Å². The van der Waals surface area contributed by atoms with E-state index in [9.17, 15) is 17.6 Å². The minimum absolute atomic E-state index is 0.0453. The number of carbonyl (C=O) groups excluding carboxylic acids is 1. The minimum Gasteiger partial charge on any atom is -0.355 e. The predicted molar refractivity (Wildman–Crippen MR) is 128 cm³/mol. The number of benzene rings is 3. The number of rotatable bonds is 5. The lowest BCUT2D eigenvalue weighted by molar-refractivity contribution is 0.0671. The SMILES string of the molecule is Cc1ccc(-c2cc(C(=O)N(Cc3cccc4ccccc34)C3CCS(=O)(=O)C3)no2)cc1F. The van der Waals surface area contributed by atoms with Crippen molar-refractivity contribution in [3.05, 3.63) is 89.4 Å². The number of aromatic nitrogens is 1. The maximum absolute atomic E-state index is 14.0. The lowest BCUT2D eigenvalue weighted by Crippen LogP contribution is -2.40. The van der Waals surface area contributed by atoms with Gasteiger partial charge in [0.05, 0.1) is 11.5 Å². The molecule has 6 nitrogen and oxygen atoms in total. The maximum atomic E-state index is 14.0. The highest BCUT2D eigenvalue weighted by Crippen LogP contribution is 2.28. The van der Waals surface area contributed by atoms with Gasteiger partial charge in [0.25, 0.3) is 5.91 Å². The van der Waals surface area contributed by atoms with Gasteiger partial charge in [-0.05, 0) is 41.3 Å². The van der Waals surface area contributed by atoms with E-state index in [-0.39, 0.29) is 35.3 Å². The Morgan fingerprint density at radius 1 is 1.12 bits per heavy atom. The first-order valence-corrected chi connectivity index (χ1v) is 12.8. The molecule has 0 radical (unpaired) electrons. The average molecular weight is 479 g/mol. The summed E-state index contributed by atoms with van der Waals surface area (Å²) in [6, 6.07) is 19.4. The van der Waals surface area contributed by atoms with Crippen LogP contribution in [0.15, 0.2) is 71.3 Å². The van der Waals surface area contributed by atoms with Gasteiger partial charge in [-0.3, -0.25) is 4.79 Å². The van der Waals surface area contributed by atoms with E-state index in [0.29, 0.717) is 17.5 Å². The summed E-state index contributed by atoms with van der Waals surface area (Å²) in [4.78, 5) is 15.2. The van der Waals surface area contributed by atoms with E-state index in [1.807, 2.05) is 42.5 Å². The Morgan fingerprint density at radius 2 is 1.91 bits per heavy atom. The zero-order valence-electron chi connectivity index (χ0n) is 18.6. The van der Waals surface area contributed by atoms with Crippen LogP contribution in [0.1, 0.15) is 28.0 Å². The zero-order valence-corrected chi connectivity index (χ0v) is 19.4. The Bertz CT molecular complexity index is 1490. The Balaban J connectivity index is 1.50. The first kappa shape index (κ1) is 22.3. The molecule has 3 aromatic carbocycles. The van der Waals surface area contributed by atoms with E-state index in [4.69, 9.17) is 4.52 Å². The van der Waals surface area contributed by atoms with Gasteiger partial charge in [0.1, 0.15) is 5.82 Å². The Morgan fingerprint density at radius 3 is 2.68 bits per heavy atom. The van der Waals surface area contributed by atoms with Crippen molar-refractivity contribution in [3.8, 4) is 11.3 Å². The molecule has 4 aromatic rings. The maximum Gasteiger partial charge on any atom is 0.276 e. The molecule has 1 aliphatic heterocycles. The Labute approximate surface area is 196 Å². The second-order valence-electron chi connectivity index (χ2n) is 8.67. The topological polar surface area (TPSA) is 80.5 Å². The van der Waals surface area contributed by atoms with Gasteiger partial charge in [0.2, 0.25) is 0 Å². The van der Waals surface area contributed by atoms with Gasteiger partial charge in [-0.2, -0.15) is 0 Å². The molecular formula is C26H23FN2O4S. The van der Waals surface area contributed by atoms with Crippen molar-refractivity contribution in [1.29, 1.82) is 0 Å². The van der Waals surface area contributed by atoms with E-state index in [1.165, 1.54) is 12.1 Å². The summed E-state index contributed by atoms with van der Waals surface area (Å²) in [5.41, 5.74) is 1.95. The average Bonchev–Trinajstić information content (AvgIpc) is 3.45. The number of aryl methyl sites for hydroxylation is 1. The molecule has 0 bridgehead atoms. The van der Waals surface area contributed by atoms with E-state index < -0.39 is 21.8 Å². The minimum atomic E-state index is -3.22. The standard InChI is InChI=1S/C26H23FN2O4S/c1-17-9-10-19(13-23(17)27)25-14-24(28-33-25)26(30)29(21-11-12-34(31,32)16-21)15-20-7-4-6-18-5-2-3-8-22(18)20/h2-10,13-14,21H,11-12,15-16H2,1H3. The monoisotopic (exact) mass is 478 g/mol. The quantitative estimate of drug-likeness (QED) is 0.413. The van der Waals surface area contributed by atoms with Crippen LogP contribution < -0.4 is 0 Å². The van der Waals surface area contributed by atoms with Gasteiger partial charge >= 0.3 is 0 Å². The lowest BCUT2D eigenvalue weighted by atomic mass is 10.0. The van der Waals surface area contributed by atoms with Gasteiger partial charge in [-0.15, -0.1) is 0 Å². The molecule has 1 amide bonds. The van der Waals surface area contributed by atoms with Crippen molar-refractivity contribution >= 4 is 26.5 Å². The molecule has 1 atom stereocenters. The molecule has 174 valence electrons. The van der Waals surface area contributed by atoms with E-state index in [0.717, 1.165) is 16.3 Å². The van der Waals surface area contributed by atoms with Crippen LogP contribution in [0, 0.1) is 12.7 Å². The number of halogens is 1. The molecule has 8 heteroatoms. The molecular weight excluding hydrogens is 455 g/mol. The number of fused-ring (bicyclic) bond motifs is 1. The van der Waals surface area contributed by atoms with Crippen LogP contribution in [0.4, 0.5) is 4.39 Å². The number of nitrogens with zero attached hydrogens (tertiary/aromatic N) is 2. The highest BCUT2D eigenvalue weighted by molar-refractivity contribution is 7.91. The normalized spacial score (nSPS) is 17.2. The van der Waals surface area contributed by atoms with Crippen LogP contribution >= 0.6 is 0 Å². The van der Waals surface area contributed by atoms with Gasteiger partial charge < -0.3 is 9.42 Å². The van der Waals surface area contributed by atoms with Crippen molar-refractivity contribution in [2.45, 2.75) is 25.9 Å². The van der Waals surface area contributed by atoms with E-state index >= 15 is 0 Å². The molecule has 5 rings (SSSR count). The molecule has 0 spiro atoms. The number of amides is 1. The van der Waals surface area contributed by atoms with Crippen molar-refractivity contribution in [2.24, 2.45) is 0 Å².